The van der Waals surface area contributed by atoms with Crippen molar-refractivity contribution in [2.45, 2.75) is 33.1 Å². The molecule has 0 fully saturated rings. The summed E-state index contributed by atoms with van der Waals surface area (Å²) in [7, 11) is 0. The lowest BCUT2D eigenvalue weighted by Crippen LogP contribution is -2.39. The fourth-order valence-corrected chi connectivity index (χ4v) is 5.17. The summed E-state index contributed by atoms with van der Waals surface area (Å²) in [5.41, 5.74) is 8.43. The third-order valence-corrected chi connectivity index (χ3v) is 6.07. The van der Waals surface area contributed by atoms with Crippen molar-refractivity contribution in [1.29, 1.82) is 0 Å². The molecule has 0 radical (unpaired) electrons. The lowest BCUT2D eigenvalue weighted by Gasteiger charge is -2.44. The van der Waals surface area contributed by atoms with Crippen molar-refractivity contribution in [3.8, 4) is 22.3 Å². The molecule has 0 heterocycles. The Morgan fingerprint density at radius 1 is 0.480 bits per heavy atom. The molecule has 0 nitrogen and oxygen atoms in total. The number of hydrogen-bond donors (Lipinski definition) is 0. The summed E-state index contributed by atoms with van der Waals surface area (Å²) in [5, 5.41) is 0. The summed E-state index contributed by atoms with van der Waals surface area (Å²) in [6.07, 6.45) is 0. The van der Waals surface area contributed by atoms with Gasteiger partial charge in [0, 0.05) is 5.41 Å². The number of hydrogen-bond acceptors (Lipinski definition) is 0. The fraction of sp³-hybridized carbons (Fsp3) is 0.280. The van der Waals surface area contributed by atoms with Gasteiger partial charge in [-0.05, 0) is 45.2 Å². The molecule has 25 heavy (non-hydrogen) atoms. The zero-order valence-corrected chi connectivity index (χ0v) is 15.6. The standard InChI is InChI=1S/C25H26/c1-17(2)25(18(3)4)23-15-9-7-13-21(23)19-11-5-6-12-20(19)22-14-8-10-16-24(22)25/h5-18H,1-4H3. The van der Waals surface area contributed by atoms with Gasteiger partial charge in [-0.15, -0.1) is 0 Å². The average molecular weight is 326 g/mol. The zero-order valence-electron chi connectivity index (χ0n) is 15.6. The molecule has 1 aliphatic carbocycles. The van der Waals surface area contributed by atoms with Crippen LogP contribution in [0.1, 0.15) is 38.8 Å². The normalized spacial score (nSPS) is 14.6. The van der Waals surface area contributed by atoms with E-state index in [0.29, 0.717) is 11.8 Å². The van der Waals surface area contributed by atoms with Crippen LogP contribution in [0.5, 0.6) is 0 Å². The number of benzene rings is 3. The van der Waals surface area contributed by atoms with Crippen molar-refractivity contribution < 1.29 is 0 Å². The lowest BCUT2D eigenvalue weighted by atomic mass is 9.59. The Kier molecular flexibility index (Phi) is 3.80. The molecule has 0 N–H and O–H groups in total. The third-order valence-electron chi connectivity index (χ3n) is 6.07. The second kappa shape index (κ2) is 5.88. The first-order valence-corrected chi connectivity index (χ1v) is 9.37. The molecule has 0 heteroatoms. The minimum Gasteiger partial charge on any atom is -0.0619 e. The van der Waals surface area contributed by atoms with Gasteiger partial charge in [-0.3, -0.25) is 0 Å². The minimum absolute atomic E-state index is 0.00616. The Hall–Kier alpha value is -2.34. The molecule has 0 aromatic heterocycles. The van der Waals surface area contributed by atoms with Crippen LogP contribution in [0, 0.1) is 11.8 Å². The van der Waals surface area contributed by atoms with Crippen LogP contribution in [-0.2, 0) is 5.41 Å². The van der Waals surface area contributed by atoms with Gasteiger partial charge in [-0.2, -0.15) is 0 Å². The van der Waals surface area contributed by atoms with E-state index >= 15 is 0 Å². The molecule has 0 unspecified atom stereocenters. The van der Waals surface area contributed by atoms with Gasteiger partial charge in [-0.1, -0.05) is 100 Å². The highest BCUT2D eigenvalue weighted by Crippen LogP contribution is 2.54. The molecule has 4 rings (SSSR count). The van der Waals surface area contributed by atoms with Gasteiger partial charge in [0.25, 0.3) is 0 Å². The smallest absolute Gasteiger partial charge is 0.0261 e. The van der Waals surface area contributed by atoms with Gasteiger partial charge in [0.2, 0.25) is 0 Å². The highest BCUT2D eigenvalue weighted by Gasteiger charge is 2.45. The molecule has 0 amide bonds. The van der Waals surface area contributed by atoms with Crippen molar-refractivity contribution in [1.82, 2.24) is 0 Å². The molecule has 0 saturated carbocycles. The Labute approximate surface area is 151 Å². The predicted octanol–water partition coefficient (Wildman–Crippen LogP) is 6.93. The van der Waals surface area contributed by atoms with E-state index in [4.69, 9.17) is 0 Å². The van der Waals surface area contributed by atoms with Crippen molar-refractivity contribution in [3.63, 3.8) is 0 Å². The summed E-state index contributed by atoms with van der Waals surface area (Å²) in [6.45, 7) is 9.51. The van der Waals surface area contributed by atoms with Gasteiger partial charge in [-0.25, -0.2) is 0 Å². The van der Waals surface area contributed by atoms with Crippen molar-refractivity contribution in [2.24, 2.45) is 11.8 Å². The van der Waals surface area contributed by atoms with Crippen molar-refractivity contribution >= 4 is 0 Å². The number of rotatable bonds is 2. The van der Waals surface area contributed by atoms with Crippen molar-refractivity contribution in [2.75, 3.05) is 0 Å². The monoisotopic (exact) mass is 326 g/mol. The van der Waals surface area contributed by atoms with Crippen LogP contribution >= 0.6 is 0 Å². The van der Waals surface area contributed by atoms with Gasteiger partial charge < -0.3 is 0 Å². The lowest BCUT2D eigenvalue weighted by molar-refractivity contribution is 0.275. The maximum absolute atomic E-state index is 2.38. The Morgan fingerprint density at radius 2 is 0.800 bits per heavy atom. The Bertz CT molecular complexity index is 838. The summed E-state index contributed by atoms with van der Waals surface area (Å²) in [6, 6.07) is 27.0. The van der Waals surface area contributed by atoms with E-state index in [-0.39, 0.29) is 5.41 Å². The van der Waals surface area contributed by atoms with E-state index < -0.39 is 0 Å². The minimum atomic E-state index is 0.00616. The molecule has 126 valence electrons. The fourth-order valence-electron chi connectivity index (χ4n) is 5.17. The van der Waals surface area contributed by atoms with Crippen LogP contribution in [0.3, 0.4) is 0 Å². The maximum atomic E-state index is 2.38. The van der Waals surface area contributed by atoms with Crippen LogP contribution in [0.4, 0.5) is 0 Å². The second-order valence-corrected chi connectivity index (χ2v) is 7.82. The first-order chi connectivity index (χ1) is 12.1. The van der Waals surface area contributed by atoms with E-state index in [1.54, 1.807) is 0 Å². The molecule has 1 aliphatic rings. The first kappa shape index (κ1) is 16.1. The molecule has 0 spiro atoms. The topological polar surface area (TPSA) is 0 Å². The molecule has 0 atom stereocenters. The zero-order chi connectivity index (χ0) is 17.6. The summed E-state index contributed by atoms with van der Waals surface area (Å²) in [5.74, 6) is 1.01. The molecule has 0 saturated heterocycles. The van der Waals surface area contributed by atoms with Crippen molar-refractivity contribution in [3.05, 3.63) is 83.9 Å². The quantitative estimate of drug-likeness (QED) is 0.479. The highest BCUT2D eigenvalue weighted by molar-refractivity contribution is 5.90. The van der Waals surface area contributed by atoms with Crippen LogP contribution < -0.4 is 0 Å². The van der Waals surface area contributed by atoms with Gasteiger partial charge in [0.1, 0.15) is 0 Å². The van der Waals surface area contributed by atoms with E-state index in [1.807, 2.05) is 0 Å². The van der Waals surface area contributed by atoms with Crippen LogP contribution in [0.25, 0.3) is 22.3 Å². The third kappa shape index (κ3) is 2.13. The second-order valence-electron chi connectivity index (χ2n) is 7.82. The highest BCUT2D eigenvalue weighted by atomic mass is 14.5. The SMILES string of the molecule is CC(C)C1(C(C)C)c2ccccc2-c2ccccc2-c2ccccc21. The molecular formula is C25H26. The molecule has 3 aromatic rings. The molecule has 0 aliphatic heterocycles. The van der Waals surface area contributed by atoms with Gasteiger partial charge in [0.15, 0.2) is 0 Å². The summed E-state index contributed by atoms with van der Waals surface area (Å²) < 4.78 is 0. The van der Waals surface area contributed by atoms with E-state index in [1.165, 1.54) is 33.4 Å². The maximum Gasteiger partial charge on any atom is 0.0261 e. The van der Waals surface area contributed by atoms with E-state index in [0.717, 1.165) is 0 Å². The van der Waals surface area contributed by atoms with Crippen LogP contribution in [0.2, 0.25) is 0 Å². The van der Waals surface area contributed by atoms with Gasteiger partial charge in [0.05, 0.1) is 0 Å². The first-order valence-electron chi connectivity index (χ1n) is 9.37. The molecule has 3 aromatic carbocycles. The molecular weight excluding hydrogens is 300 g/mol. The average Bonchev–Trinajstić information content (AvgIpc) is 2.73. The Balaban J connectivity index is 2.25. The predicted molar refractivity (Wildman–Crippen MR) is 108 cm³/mol. The summed E-state index contributed by atoms with van der Waals surface area (Å²) >= 11 is 0. The summed E-state index contributed by atoms with van der Waals surface area (Å²) in [4.78, 5) is 0. The molecule has 0 bridgehead atoms. The van der Waals surface area contributed by atoms with E-state index in [9.17, 15) is 0 Å². The largest absolute Gasteiger partial charge is 0.0619 e. The van der Waals surface area contributed by atoms with Crippen LogP contribution in [0.15, 0.2) is 72.8 Å². The van der Waals surface area contributed by atoms with Gasteiger partial charge >= 0.3 is 0 Å². The Morgan fingerprint density at radius 3 is 1.16 bits per heavy atom. The van der Waals surface area contributed by atoms with E-state index in [2.05, 4.69) is 100 Å². The van der Waals surface area contributed by atoms with Crippen LogP contribution in [-0.4, -0.2) is 0 Å². The number of fused-ring (bicyclic) bond motifs is 5.